The highest BCUT2D eigenvalue weighted by molar-refractivity contribution is 5.62. The zero-order valence-corrected chi connectivity index (χ0v) is 11.6. The van der Waals surface area contributed by atoms with Crippen molar-refractivity contribution >= 4 is 5.82 Å². The van der Waals surface area contributed by atoms with E-state index in [1.54, 1.807) is 0 Å². The molecule has 1 aromatic heterocycles. The molecule has 0 aliphatic heterocycles. The highest BCUT2D eigenvalue weighted by Crippen LogP contribution is 2.33. The van der Waals surface area contributed by atoms with Gasteiger partial charge in [0.05, 0.1) is 12.7 Å². The number of nitrogen functional groups attached to an aromatic ring is 1. The van der Waals surface area contributed by atoms with Gasteiger partial charge in [0.25, 0.3) is 0 Å². The maximum atomic E-state index is 9.35. The van der Waals surface area contributed by atoms with Gasteiger partial charge in [-0.2, -0.15) is 15.5 Å². The van der Waals surface area contributed by atoms with Gasteiger partial charge in [-0.15, -0.1) is 0 Å². The molecule has 0 saturated heterocycles. The first kappa shape index (κ1) is 14.1. The van der Waals surface area contributed by atoms with Crippen LogP contribution in [0.2, 0.25) is 0 Å². The number of aromatic nitrogens is 1. The lowest BCUT2D eigenvalue weighted by Crippen LogP contribution is -2.13. The molecule has 20 heavy (non-hydrogen) atoms. The van der Waals surface area contributed by atoms with Crippen molar-refractivity contribution in [2.24, 2.45) is 5.92 Å². The van der Waals surface area contributed by atoms with Crippen LogP contribution in [0.1, 0.15) is 48.8 Å². The van der Waals surface area contributed by atoms with E-state index in [2.05, 4.69) is 17.1 Å². The summed E-state index contributed by atoms with van der Waals surface area (Å²) in [6.45, 7) is 0. The Bertz CT molecular complexity index is 577. The van der Waals surface area contributed by atoms with Gasteiger partial charge in [0.2, 0.25) is 5.88 Å². The minimum Gasteiger partial charge on any atom is -0.480 e. The van der Waals surface area contributed by atoms with Gasteiger partial charge >= 0.3 is 0 Å². The first-order valence-corrected chi connectivity index (χ1v) is 6.87. The summed E-state index contributed by atoms with van der Waals surface area (Å²) in [7, 11) is 1.46. The van der Waals surface area contributed by atoms with Gasteiger partial charge in [0.1, 0.15) is 23.5 Å². The third-order valence-electron chi connectivity index (χ3n) is 3.93. The summed E-state index contributed by atoms with van der Waals surface area (Å²) in [4.78, 5) is 4.00. The summed E-state index contributed by atoms with van der Waals surface area (Å²) in [6.07, 6.45) is 6.68. The van der Waals surface area contributed by atoms with Gasteiger partial charge in [-0.1, -0.05) is 32.1 Å². The third-order valence-corrected chi connectivity index (χ3v) is 3.93. The number of methoxy groups -OCH3 is 1. The fourth-order valence-corrected chi connectivity index (χ4v) is 2.90. The van der Waals surface area contributed by atoms with Crippen LogP contribution in [0.15, 0.2) is 0 Å². The van der Waals surface area contributed by atoms with E-state index < -0.39 is 0 Å². The smallest absolute Gasteiger partial charge is 0.233 e. The van der Waals surface area contributed by atoms with Crippen molar-refractivity contribution in [2.45, 2.75) is 38.5 Å². The van der Waals surface area contributed by atoms with Crippen LogP contribution < -0.4 is 10.5 Å². The molecular weight excluding hydrogens is 252 g/mol. The van der Waals surface area contributed by atoms with E-state index in [0.717, 1.165) is 12.8 Å². The third kappa shape index (κ3) is 2.67. The second-order valence-electron chi connectivity index (χ2n) is 5.17. The van der Waals surface area contributed by atoms with E-state index in [0.29, 0.717) is 29.0 Å². The lowest BCUT2D eigenvalue weighted by atomic mass is 9.83. The second kappa shape index (κ2) is 6.25. The summed E-state index contributed by atoms with van der Waals surface area (Å²) >= 11 is 0. The van der Waals surface area contributed by atoms with Crippen LogP contribution in [-0.4, -0.2) is 12.1 Å². The minimum atomic E-state index is 0.147. The first-order valence-electron chi connectivity index (χ1n) is 6.87. The van der Waals surface area contributed by atoms with Crippen molar-refractivity contribution in [3.05, 3.63) is 16.7 Å². The molecule has 0 radical (unpaired) electrons. The van der Waals surface area contributed by atoms with Gasteiger partial charge in [0, 0.05) is 0 Å². The molecule has 1 heterocycles. The number of pyridine rings is 1. The number of ether oxygens (including phenoxy) is 1. The van der Waals surface area contributed by atoms with E-state index in [1.165, 1.54) is 26.4 Å². The average molecular weight is 270 g/mol. The SMILES string of the molecule is COc1nc(N)c(C#N)c(CC2CCCCC2)c1C#N. The van der Waals surface area contributed by atoms with Crippen LogP contribution in [0.5, 0.6) is 5.88 Å². The summed E-state index contributed by atoms with van der Waals surface area (Å²) in [6, 6.07) is 4.20. The molecule has 0 spiro atoms. The molecule has 1 fully saturated rings. The van der Waals surface area contributed by atoms with Gasteiger partial charge in [-0.25, -0.2) is 0 Å². The molecule has 0 amide bonds. The molecule has 1 saturated carbocycles. The summed E-state index contributed by atoms with van der Waals surface area (Å²) in [5.74, 6) is 0.874. The predicted octanol–water partition coefficient (Wildman–Crippen LogP) is 2.54. The van der Waals surface area contributed by atoms with Crippen molar-refractivity contribution in [1.29, 1.82) is 10.5 Å². The van der Waals surface area contributed by atoms with Crippen LogP contribution in [0.25, 0.3) is 0 Å². The lowest BCUT2D eigenvalue weighted by molar-refractivity contribution is 0.354. The molecule has 2 rings (SSSR count). The molecule has 2 N–H and O–H groups in total. The van der Waals surface area contributed by atoms with Crippen LogP contribution in [-0.2, 0) is 6.42 Å². The lowest BCUT2D eigenvalue weighted by Gasteiger charge is -2.23. The number of hydrogen-bond donors (Lipinski definition) is 1. The van der Waals surface area contributed by atoms with Crippen molar-refractivity contribution in [1.82, 2.24) is 4.98 Å². The number of nitrogens with two attached hydrogens (primary N) is 1. The zero-order chi connectivity index (χ0) is 14.5. The number of nitrogens with zero attached hydrogens (tertiary/aromatic N) is 3. The normalized spacial score (nSPS) is 15.3. The average Bonchev–Trinajstić information content (AvgIpc) is 2.48. The Morgan fingerprint density at radius 3 is 2.40 bits per heavy atom. The zero-order valence-electron chi connectivity index (χ0n) is 11.6. The molecule has 1 aliphatic carbocycles. The van der Waals surface area contributed by atoms with Gasteiger partial charge < -0.3 is 10.5 Å². The van der Waals surface area contributed by atoms with Crippen LogP contribution in [0, 0.1) is 28.6 Å². The van der Waals surface area contributed by atoms with Gasteiger partial charge in [0.15, 0.2) is 0 Å². The molecule has 1 aliphatic rings. The Morgan fingerprint density at radius 1 is 1.20 bits per heavy atom. The maximum Gasteiger partial charge on any atom is 0.233 e. The molecule has 5 heteroatoms. The van der Waals surface area contributed by atoms with E-state index in [-0.39, 0.29) is 11.7 Å². The van der Waals surface area contributed by atoms with E-state index in [1.807, 2.05) is 0 Å². The highest BCUT2D eigenvalue weighted by Gasteiger charge is 2.23. The van der Waals surface area contributed by atoms with Crippen molar-refractivity contribution in [2.75, 3.05) is 12.8 Å². The Kier molecular flexibility index (Phi) is 4.42. The van der Waals surface area contributed by atoms with Crippen molar-refractivity contribution in [3.8, 4) is 18.0 Å². The molecule has 0 atom stereocenters. The monoisotopic (exact) mass is 270 g/mol. The topological polar surface area (TPSA) is 95.7 Å². The standard InChI is InChI=1S/C15H18N4O/c1-20-15-13(9-17)11(12(8-16)14(18)19-15)7-10-5-3-2-4-6-10/h10H,2-7H2,1H3,(H2,18,19). The summed E-state index contributed by atoms with van der Waals surface area (Å²) in [5, 5.41) is 18.6. The fourth-order valence-electron chi connectivity index (χ4n) is 2.90. The molecule has 104 valence electrons. The largest absolute Gasteiger partial charge is 0.480 e. The van der Waals surface area contributed by atoms with E-state index in [9.17, 15) is 10.5 Å². The summed E-state index contributed by atoms with van der Waals surface area (Å²) in [5.41, 5.74) is 7.19. The van der Waals surface area contributed by atoms with Crippen LogP contribution >= 0.6 is 0 Å². The highest BCUT2D eigenvalue weighted by atomic mass is 16.5. The number of rotatable bonds is 3. The predicted molar refractivity (Wildman–Crippen MR) is 74.9 cm³/mol. The van der Waals surface area contributed by atoms with E-state index in [4.69, 9.17) is 10.5 Å². The maximum absolute atomic E-state index is 9.35. The fraction of sp³-hybridized carbons (Fsp3) is 0.533. The first-order chi connectivity index (χ1) is 9.71. The number of anilines is 1. The van der Waals surface area contributed by atoms with Crippen molar-refractivity contribution in [3.63, 3.8) is 0 Å². The van der Waals surface area contributed by atoms with E-state index >= 15 is 0 Å². The second-order valence-corrected chi connectivity index (χ2v) is 5.17. The summed E-state index contributed by atoms with van der Waals surface area (Å²) < 4.78 is 5.12. The Balaban J connectivity index is 2.45. The molecule has 0 bridgehead atoms. The molecule has 0 unspecified atom stereocenters. The van der Waals surface area contributed by atoms with Crippen LogP contribution in [0.4, 0.5) is 5.82 Å². The number of hydrogen-bond acceptors (Lipinski definition) is 5. The molecule has 0 aromatic carbocycles. The Hall–Kier alpha value is -2.27. The molecule has 5 nitrogen and oxygen atoms in total. The minimum absolute atomic E-state index is 0.147. The molecule has 1 aromatic rings. The van der Waals surface area contributed by atoms with Gasteiger partial charge in [-0.05, 0) is 17.9 Å². The Labute approximate surface area is 119 Å². The molecular formula is C15H18N4O. The van der Waals surface area contributed by atoms with Crippen molar-refractivity contribution < 1.29 is 4.74 Å². The van der Waals surface area contributed by atoms with Crippen LogP contribution in [0.3, 0.4) is 0 Å². The van der Waals surface area contributed by atoms with Gasteiger partial charge in [-0.3, -0.25) is 0 Å². The Morgan fingerprint density at radius 2 is 1.85 bits per heavy atom. The number of nitriles is 2. The quantitative estimate of drug-likeness (QED) is 0.910.